The van der Waals surface area contributed by atoms with E-state index in [2.05, 4.69) is 26.8 Å². The molecule has 2 N–H and O–H groups in total. The molecule has 1 amide bonds. The molecule has 0 radical (unpaired) electrons. The number of pyridine rings is 1. The number of amides is 1. The molecular formula is C19H28N6O2. The summed E-state index contributed by atoms with van der Waals surface area (Å²) in [5.74, 6) is 0.786. The fourth-order valence-corrected chi connectivity index (χ4v) is 3.23. The quantitative estimate of drug-likeness (QED) is 0.616. The van der Waals surface area contributed by atoms with E-state index in [-0.39, 0.29) is 6.09 Å². The average Bonchev–Trinajstić information content (AvgIpc) is 3.10. The zero-order valence-electron chi connectivity index (χ0n) is 16.0. The molecule has 0 atom stereocenters. The number of guanidine groups is 1. The van der Waals surface area contributed by atoms with Crippen molar-refractivity contribution in [1.29, 1.82) is 0 Å². The Morgan fingerprint density at radius 2 is 2.19 bits per heavy atom. The molecule has 0 unspecified atom stereocenters. The maximum absolute atomic E-state index is 11.8. The van der Waals surface area contributed by atoms with E-state index in [0.717, 1.165) is 43.1 Å². The summed E-state index contributed by atoms with van der Waals surface area (Å²) in [6.07, 6.45) is 6.42. The molecule has 8 nitrogen and oxygen atoms in total. The Kier molecular flexibility index (Phi) is 6.51. The number of piperidine rings is 1. The Labute approximate surface area is 159 Å². The summed E-state index contributed by atoms with van der Waals surface area (Å²) in [5.41, 5.74) is 2.01. The van der Waals surface area contributed by atoms with Gasteiger partial charge >= 0.3 is 6.09 Å². The molecule has 3 rings (SSSR count). The van der Waals surface area contributed by atoms with E-state index in [1.165, 1.54) is 0 Å². The lowest BCUT2D eigenvalue weighted by Gasteiger charge is -2.32. The summed E-state index contributed by atoms with van der Waals surface area (Å²) in [7, 11) is 1.77. The summed E-state index contributed by atoms with van der Waals surface area (Å²) in [5, 5.41) is 6.79. The Morgan fingerprint density at radius 3 is 2.89 bits per heavy atom. The van der Waals surface area contributed by atoms with Crippen LogP contribution in [0, 0.1) is 0 Å². The number of carbonyl (C=O) groups is 1. The molecular weight excluding hydrogens is 344 g/mol. The molecule has 0 spiro atoms. The summed E-state index contributed by atoms with van der Waals surface area (Å²) >= 11 is 0. The highest BCUT2D eigenvalue weighted by Crippen LogP contribution is 2.11. The van der Waals surface area contributed by atoms with E-state index < -0.39 is 0 Å². The third-order valence-electron chi connectivity index (χ3n) is 4.67. The molecule has 0 saturated carbocycles. The molecule has 1 saturated heterocycles. The van der Waals surface area contributed by atoms with E-state index in [1.54, 1.807) is 11.9 Å². The fraction of sp³-hybridized carbons (Fsp3) is 0.526. The molecule has 1 aliphatic rings. The minimum Gasteiger partial charge on any atom is -0.450 e. The fourth-order valence-electron chi connectivity index (χ4n) is 3.23. The lowest BCUT2D eigenvalue weighted by molar-refractivity contribution is 0.0963. The van der Waals surface area contributed by atoms with Gasteiger partial charge in [-0.15, -0.1) is 0 Å². The van der Waals surface area contributed by atoms with Gasteiger partial charge in [-0.3, -0.25) is 4.99 Å². The molecule has 8 heteroatoms. The Hall–Kier alpha value is -2.77. The van der Waals surface area contributed by atoms with Crippen molar-refractivity contribution in [1.82, 2.24) is 24.9 Å². The third kappa shape index (κ3) is 5.12. The van der Waals surface area contributed by atoms with Gasteiger partial charge < -0.3 is 24.7 Å². The summed E-state index contributed by atoms with van der Waals surface area (Å²) < 4.78 is 7.09. The van der Waals surface area contributed by atoms with Gasteiger partial charge in [-0.2, -0.15) is 0 Å². The van der Waals surface area contributed by atoms with Crippen molar-refractivity contribution in [2.75, 3.05) is 33.3 Å². The minimum atomic E-state index is -0.217. The lowest BCUT2D eigenvalue weighted by Crippen LogP contribution is -2.50. The van der Waals surface area contributed by atoms with Gasteiger partial charge in [-0.05, 0) is 31.9 Å². The maximum atomic E-state index is 11.8. The molecule has 0 aliphatic carbocycles. The zero-order valence-corrected chi connectivity index (χ0v) is 16.0. The van der Waals surface area contributed by atoms with Crippen LogP contribution in [-0.4, -0.2) is 65.7 Å². The highest BCUT2D eigenvalue weighted by Gasteiger charge is 2.23. The number of imidazole rings is 1. The maximum Gasteiger partial charge on any atom is 0.409 e. The van der Waals surface area contributed by atoms with Crippen LogP contribution in [-0.2, 0) is 11.2 Å². The second kappa shape index (κ2) is 9.25. The molecule has 3 heterocycles. The van der Waals surface area contributed by atoms with Crippen molar-refractivity contribution < 1.29 is 9.53 Å². The topological polar surface area (TPSA) is 83.3 Å². The predicted molar refractivity (Wildman–Crippen MR) is 105 cm³/mol. The Balaban J connectivity index is 1.41. The van der Waals surface area contributed by atoms with Crippen molar-refractivity contribution in [3.8, 4) is 0 Å². The zero-order chi connectivity index (χ0) is 19.1. The SMILES string of the molecule is CCOC(=O)N1CCC(NC(=NC)NCCc2cn3ccccc3n2)CC1. The smallest absolute Gasteiger partial charge is 0.409 e. The van der Waals surface area contributed by atoms with E-state index in [9.17, 15) is 4.79 Å². The van der Waals surface area contributed by atoms with Gasteiger partial charge in [0.05, 0.1) is 12.3 Å². The van der Waals surface area contributed by atoms with Crippen LogP contribution in [0.3, 0.4) is 0 Å². The average molecular weight is 372 g/mol. The minimum absolute atomic E-state index is 0.217. The first-order chi connectivity index (χ1) is 13.2. The predicted octanol–water partition coefficient (Wildman–Crippen LogP) is 1.66. The lowest BCUT2D eigenvalue weighted by atomic mass is 10.1. The number of ether oxygens (including phenoxy) is 1. The van der Waals surface area contributed by atoms with E-state index in [1.807, 2.05) is 35.7 Å². The number of nitrogens with zero attached hydrogens (tertiary/aromatic N) is 4. The molecule has 0 aromatic carbocycles. The van der Waals surface area contributed by atoms with E-state index >= 15 is 0 Å². The second-order valence-corrected chi connectivity index (χ2v) is 6.55. The third-order valence-corrected chi connectivity index (χ3v) is 4.67. The number of hydrogen-bond donors (Lipinski definition) is 2. The summed E-state index contributed by atoms with van der Waals surface area (Å²) in [6.45, 7) is 4.41. The highest BCUT2D eigenvalue weighted by atomic mass is 16.6. The summed E-state index contributed by atoms with van der Waals surface area (Å²) in [4.78, 5) is 22.4. The number of fused-ring (bicyclic) bond motifs is 1. The monoisotopic (exact) mass is 372 g/mol. The van der Waals surface area contributed by atoms with Crippen molar-refractivity contribution in [2.24, 2.45) is 4.99 Å². The molecule has 2 aromatic heterocycles. The number of carbonyl (C=O) groups excluding carboxylic acids is 1. The van der Waals surface area contributed by atoms with E-state index in [0.29, 0.717) is 25.7 Å². The molecule has 0 bridgehead atoms. The molecule has 27 heavy (non-hydrogen) atoms. The van der Waals surface area contributed by atoms with Crippen molar-refractivity contribution >= 4 is 17.7 Å². The van der Waals surface area contributed by atoms with Gasteiger partial charge in [-0.1, -0.05) is 6.07 Å². The van der Waals surface area contributed by atoms with Crippen LogP contribution in [0.1, 0.15) is 25.5 Å². The first-order valence-electron chi connectivity index (χ1n) is 9.51. The van der Waals surface area contributed by atoms with Gasteiger partial charge in [0.2, 0.25) is 0 Å². The first kappa shape index (κ1) is 19.0. The van der Waals surface area contributed by atoms with Gasteiger partial charge in [0.15, 0.2) is 5.96 Å². The standard InChI is InChI=1S/C19H28N6O2/c1-3-27-19(26)24-12-8-15(9-13-24)23-18(20-2)21-10-7-16-14-25-11-5-4-6-17(25)22-16/h4-6,11,14-15H,3,7-10,12-13H2,1-2H3,(H2,20,21,23). The van der Waals surface area contributed by atoms with Crippen molar-refractivity contribution in [2.45, 2.75) is 32.2 Å². The Morgan fingerprint density at radius 1 is 1.37 bits per heavy atom. The van der Waals surface area contributed by atoms with Crippen LogP contribution in [0.5, 0.6) is 0 Å². The molecule has 2 aromatic rings. The highest BCUT2D eigenvalue weighted by molar-refractivity contribution is 5.80. The van der Waals surface area contributed by atoms with Crippen molar-refractivity contribution in [3.63, 3.8) is 0 Å². The van der Waals surface area contributed by atoms with Gasteiger partial charge in [-0.25, -0.2) is 9.78 Å². The van der Waals surface area contributed by atoms with Crippen molar-refractivity contribution in [3.05, 3.63) is 36.3 Å². The second-order valence-electron chi connectivity index (χ2n) is 6.55. The normalized spacial score (nSPS) is 15.8. The van der Waals surface area contributed by atoms with Gasteiger partial charge in [0.1, 0.15) is 5.65 Å². The van der Waals surface area contributed by atoms with E-state index in [4.69, 9.17) is 4.74 Å². The largest absolute Gasteiger partial charge is 0.450 e. The molecule has 1 aliphatic heterocycles. The number of rotatable bonds is 5. The Bertz CT molecular complexity index is 746. The molecule has 146 valence electrons. The molecule has 1 fully saturated rings. The van der Waals surface area contributed by atoms with Crippen LogP contribution in [0.15, 0.2) is 35.6 Å². The number of nitrogens with one attached hydrogen (secondary N) is 2. The van der Waals surface area contributed by atoms with Crippen LogP contribution in [0.2, 0.25) is 0 Å². The van der Waals surface area contributed by atoms with Crippen LogP contribution in [0.4, 0.5) is 4.79 Å². The van der Waals surface area contributed by atoms with Crippen LogP contribution in [0.25, 0.3) is 5.65 Å². The van der Waals surface area contributed by atoms with Gasteiger partial charge in [0, 0.05) is 51.5 Å². The first-order valence-corrected chi connectivity index (χ1v) is 9.51. The van der Waals surface area contributed by atoms with Crippen LogP contribution >= 0.6 is 0 Å². The van der Waals surface area contributed by atoms with Gasteiger partial charge in [0.25, 0.3) is 0 Å². The number of aromatic nitrogens is 2. The summed E-state index contributed by atoms with van der Waals surface area (Å²) in [6, 6.07) is 6.29. The number of likely N-dealkylation sites (tertiary alicyclic amines) is 1. The number of hydrogen-bond acceptors (Lipinski definition) is 4. The number of aliphatic imine (C=N–C) groups is 1. The van der Waals surface area contributed by atoms with Crippen LogP contribution < -0.4 is 10.6 Å².